The highest BCUT2D eigenvalue weighted by Gasteiger charge is 2.56. The molecule has 2 aromatic rings. The Kier molecular flexibility index (Phi) is 4.27. The third kappa shape index (κ3) is 2.84. The highest BCUT2D eigenvalue weighted by Crippen LogP contribution is 2.46. The number of nitrogens with one attached hydrogen (secondary N) is 1. The summed E-state index contributed by atoms with van der Waals surface area (Å²) < 4.78 is 5.64. The Hall–Kier alpha value is -3.35. The van der Waals surface area contributed by atoms with Crippen LogP contribution in [0.1, 0.15) is 23.5 Å². The predicted octanol–water partition coefficient (Wildman–Crippen LogP) is 2.46. The van der Waals surface area contributed by atoms with Crippen LogP contribution in [-0.4, -0.2) is 54.2 Å². The first-order valence-corrected chi connectivity index (χ1v) is 10.1. The van der Waals surface area contributed by atoms with E-state index in [1.54, 1.807) is 0 Å². The van der Waals surface area contributed by atoms with Gasteiger partial charge in [-0.15, -0.1) is 0 Å². The zero-order valence-electron chi connectivity index (χ0n) is 16.3. The molecule has 1 atom stereocenters. The molecule has 0 saturated carbocycles. The largest absolute Gasteiger partial charge is 0.481 e. The molecule has 0 bridgehead atoms. The number of carbonyl (C=O) groups excluding carboxylic acids is 2. The molecule has 1 unspecified atom stereocenters. The molecule has 2 saturated heterocycles. The van der Waals surface area contributed by atoms with E-state index in [0.717, 1.165) is 22.3 Å². The van der Waals surface area contributed by atoms with Gasteiger partial charge < -0.3 is 20.1 Å². The van der Waals surface area contributed by atoms with Gasteiger partial charge in [0, 0.05) is 37.4 Å². The minimum absolute atomic E-state index is 0.0242. The minimum atomic E-state index is -0.942. The Bertz CT molecular complexity index is 998. The summed E-state index contributed by atoms with van der Waals surface area (Å²) >= 11 is 0. The van der Waals surface area contributed by atoms with Crippen molar-refractivity contribution >= 4 is 18.0 Å². The molecule has 5 rings (SSSR count). The van der Waals surface area contributed by atoms with Crippen LogP contribution in [0, 0.1) is 11.3 Å². The number of aliphatic carboxylic acids is 1. The van der Waals surface area contributed by atoms with Crippen LogP contribution in [-0.2, 0) is 14.3 Å². The van der Waals surface area contributed by atoms with Crippen LogP contribution in [0.4, 0.5) is 4.79 Å². The number of nitrogens with zero attached hydrogens (tertiary/aromatic N) is 1. The van der Waals surface area contributed by atoms with Crippen molar-refractivity contribution in [2.75, 3.05) is 26.2 Å². The number of carboxylic acid groups (broad SMARTS) is 1. The third-order valence-corrected chi connectivity index (χ3v) is 6.66. The maximum atomic E-state index is 12.6. The van der Waals surface area contributed by atoms with Crippen molar-refractivity contribution in [2.24, 2.45) is 11.3 Å². The van der Waals surface area contributed by atoms with E-state index in [4.69, 9.17) is 4.74 Å². The number of hydrogen-bond acceptors (Lipinski definition) is 4. The maximum Gasteiger partial charge on any atom is 0.409 e. The summed E-state index contributed by atoms with van der Waals surface area (Å²) in [5.41, 5.74) is 3.91. The van der Waals surface area contributed by atoms with Crippen molar-refractivity contribution in [3.05, 3.63) is 59.7 Å². The van der Waals surface area contributed by atoms with Gasteiger partial charge in [0.15, 0.2) is 0 Å². The van der Waals surface area contributed by atoms with E-state index in [2.05, 4.69) is 29.6 Å². The lowest BCUT2D eigenvalue weighted by atomic mass is 9.65. The lowest BCUT2D eigenvalue weighted by Crippen LogP contribution is -2.68. The number of benzene rings is 2. The summed E-state index contributed by atoms with van der Waals surface area (Å²) in [6, 6.07) is 16.3. The second kappa shape index (κ2) is 6.86. The highest BCUT2D eigenvalue weighted by molar-refractivity contribution is 5.83. The fourth-order valence-electron chi connectivity index (χ4n) is 5.15. The van der Waals surface area contributed by atoms with Gasteiger partial charge in [0.1, 0.15) is 6.61 Å². The van der Waals surface area contributed by atoms with Crippen LogP contribution in [0.2, 0.25) is 0 Å². The molecule has 2 amide bonds. The molecule has 3 aliphatic rings. The molecular formula is C23H22N2O5. The Morgan fingerprint density at radius 1 is 1.07 bits per heavy atom. The van der Waals surface area contributed by atoms with Crippen LogP contribution in [0.5, 0.6) is 0 Å². The number of piperidine rings is 1. The number of carbonyl (C=O) groups is 3. The lowest BCUT2D eigenvalue weighted by molar-refractivity contribution is -0.159. The van der Waals surface area contributed by atoms with Gasteiger partial charge in [0.2, 0.25) is 5.91 Å². The first-order chi connectivity index (χ1) is 14.5. The van der Waals surface area contributed by atoms with Gasteiger partial charge in [-0.1, -0.05) is 48.5 Å². The number of fused-ring (bicyclic) bond motifs is 3. The molecular weight excluding hydrogens is 384 g/mol. The SMILES string of the molecule is O=C1CC2(CN(C(=O)OCC3c4ccccc4-c4ccccc43)C2)C(C(=O)O)CN1. The summed E-state index contributed by atoms with van der Waals surface area (Å²) in [5.74, 6) is -1.82. The molecule has 2 aliphatic heterocycles. The topological polar surface area (TPSA) is 95.9 Å². The summed E-state index contributed by atoms with van der Waals surface area (Å²) in [6.45, 7) is 0.786. The van der Waals surface area contributed by atoms with E-state index in [1.807, 2.05) is 24.3 Å². The van der Waals surface area contributed by atoms with Crippen molar-refractivity contribution in [3.63, 3.8) is 0 Å². The van der Waals surface area contributed by atoms with Gasteiger partial charge in [-0.05, 0) is 22.3 Å². The smallest absolute Gasteiger partial charge is 0.409 e. The van der Waals surface area contributed by atoms with E-state index in [-0.39, 0.29) is 44.5 Å². The second-order valence-electron chi connectivity index (χ2n) is 8.39. The average Bonchev–Trinajstić information content (AvgIpc) is 3.03. The first-order valence-electron chi connectivity index (χ1n) is 10.1. The van der Waals surface area contributed by atoms with Crippen LogP contribution >= 0.6 is 0 Å². The van der Waals surface area contributed by atoms with Gasteiger partial charge in [-0.25, -0.2) is 4.79 Å². The monoisotopic (exact) mass is 406 g/mol. The normalized spacial score (nSPS) is 21.4. The highest BCUT2D eigenvalue weighted by atomic mass is 16.6. The van der Waals surface area contributed by atoms with E-state index < -0.39 is 23.4 Å². The van der Waals surface area contributed by atoms with Crippen LogP contribution in [0.3, 0.4) is 0 Å². The fraction of sp³-hybridized carbons (Fsp3) is 0.348. The van der Waals surface area contributed by atoms with Gasteiger partial charge in [0.05, 0.1) is 5.92 Å². The van der Waals surface area contributed by atoms with E-state index in [9.17, 15) is 19.5 Å². The van der Waals surface area contributed by atoms with Gasteiger partial charge in [0.25, 0.3) is 0 Å². The third-order valence-electron chi connectivity index (χ3n) is 6.66. The number of hydrogen-bond donors (Lipinski definition) is 2. The van der Waals surface area contributed by atoms with Gasteiger partial charge >= 0.3 is 12.1 Å². The number of likely N-dealkylation sites (tertiary alicyclic amines) is 1. The minimum Gasteiger partial charge on any atom is -0.481 e. The number of amides is 2. The second-order valence-corrected chi connectivity index (χ2v) is 8.39. The number of ether oxygens (including phenoxy) is 1. The van der Waals surface area contributed by atoms with Crippen molar-refractivity contribution in [1.82, 2.24) is 10.2 Å². The van der Waals surface area contributed by atoms with Gasteiger partial charge in [-0.3, -0.25) is 9.59 Å². The van der Waals surface area contributed by atoms with Crippen LogP contribution < -0.4 is 5.32 Å². The molecule has 1 aliphatic carbocycles. The Morgan fingerprint density at radius 3 is 2.27 bits per heavy atom. The molecule has 0 aromatic heterocycles. The molecule has 2 aromatic carbocycles. The zero-order chi connectivity index (χ0) is 20.9. The van der Waals surface area contributed by atoms with Gasteiger partial charge in [-0.2, -0.15) is 0 Å². The Morgan fingerprint density at radius 2 is 1.67 bits per heavy atom. The average molecular weight is 406 g/mol. The summed E-state index contributed by atoms with van der Waals surface area (Å²) in [5, 5.41) is 12.1. The molecule has 7 heteroatoms. The molecule has 7 nitrogen and oxygen atoms in total. The zero-order valence-corrected chi connectivity index (χ0v) is 16.3. The van der Waals surface area contributed by atoms with Crippen molar-refractivity contribution < 1.29 is 24.2 Å². The van der Waals surface area contributed by atoms with Crippen LogP contribution in [0.15, 0.2) is 48.5 Å². The molecule has 154 valence electrons. The van der Waals surface area contributed by atoms with Crippen molar-refractivity contribution in [3.8, 4) is 11.1 Å². The van der Waals surface area contributed by atoms with E-state index >= 15 is 0 Å². The first kappa shape index (κ1) is 18.7. The van der Waals surface area contributed by atoms with Crippen molar-refractivity contribution in [2.45, 2.75) is 12.3 Å². The maximum absolute atomic E-state index is 12.6. The lowest BCUT2D eigenvalue weighted by Gasteiger charge is -2.53. The molecule has 2 N–H and O–H groups in total. The molecule has 2 fully saturated rings. The predicted molar refractivity (Wildman–Crippen MR) is 108 cm³/mol. The molecule has 2 heterocycles. The molecule has 1 spiro atoms. The number of carboxylic acids is 1. The quantitative estimate of drug-likeness (QED) is 0.816. The summed E-state index contributed by atoms with van der Waals surface area (Å²) in [6.07, 6.45) is -0.338. The van der Waals surface area contributed by atoms with Crippen molar-refractivity contribution in [1.29, 1.82) is 0 Å². The fourth-order valence-corrected chi connectivity index (χ4v) is 5.15. The Labute approximate surface area is 173 Å². The molecule has 0 radical (unpaired) electrons. The molecule has 30 heavy (non-hydrogen) atoms. The summed E-state index contributed by atoms with van der Waals surface area (Å²) in [7, 11) is 0. The van der Waals surface area contributed by atoms with E-state index in [0.29, 0.717) is 0 Å². The van der Waals surface area contributed by atoms with E-state index in [1.165, 1.54) is 4.90 Å². The standard InChI is InChI=1S/C23H22N2O5/c26-20-9-23(19(10-24-20)21(27)28)12-25(13-23)22(29)30-11-18-16-7-3-1-5-14(16)15-6-2-4-8-17(15)18/h1-8,18-19H,9-13H2,(H,24,26)(H,27,28). The Balaban J connectivity index is 1.27. The summed E-state index contributed by atoms with van der Waals surface area (Å²) in [4.78, 5) is 37.6. The van der Waals surface area contributed by atoms with Crippen LogP contribution in [0.25, 0.3) is 11.1 Å². The number of rotatable bonds is 3.